The minimum Gasteiger partial charge on any atom is -0.496 e. The van der Waals surface area contributed by atoms with Crippen molar-refractivity contribution < 1.29 is 13.9 Å². The molecule has 5 rings (SSSR count). The third-order valence-corrected chi connectivity index (χ3v) is 6.43. The highest BCUT2D eigenvalue weighted by Gasteiger charge is 2.25. The van der Waals surface area contributed by atoms with Crippen molar-refractivity contribution in [3.8, 4) is 16.9 Å². The number of anilines is 1. The van der Waals surface area contributed by atoms with Crippen molar-refractivity contribution in [2.75, 3.05) is 38.2 Å². The van der Waals surface area contributed by atoms with Gasteiger partial charge in [0.05, 0.1) is 12.8 Å². The van der Waals surface area contributed by atoms with Gasteiger partial charge in [0, 0.05) is 38.6 Å². The van der Waals surface area contributed by atoms with E-state index in [4.69, 9.17) is 4.74 Å². The van der Waals surface area contributed by atoms with Crippen LogP contribution in [0.4, 0.5) is 10.1 Å². The summed E-state index contributed by atoms with van der Waals surface area (Å²) in [6.45, 7) is 6.29. The van der Waals surface area contributed by atoms with E-state index in [1.807, 2.05) is 47.5 Å². The number of hydrogen-bond donors (Lipinski definition) is 0. The number of amides is 1. The summed E-state index contributed by atoms with van der Waals surface area (Å²) in [6.07, 6.45) is 3.78. The highest BCUT2D eigenvalue weighted by molar-refractivity contribution is 5.93. The van der Waals surface area contributed by atoms with Crippen molar-refractivity contribution in [2.45, 2.75) is 13.8 Å². The maximum atomic E-state index is 14.1. The molecule has 0 spiro atoms. The second-order valence-electron chi connectivity index (χ2n) is 8.68. The molecule has 1 aliphatic heterocycles. The number of pyridine rings is 1. The van der Waals surface area contributed by atoms with Gasteiger partial charge >= 0.3 is 0 Å². The molecular formula is C27H27FN4O2. The summed E-state index contributed by atoms with van der Waals surface area (Å²) in [7, 11) is 1.69. The fraction of sp³-hybridized carbons (Fsp3) is 0.259. The number of rotatable bonds is 4. The molecule has 174 valence electrons. The fourth-order valence-corrected chi connectivity index (χ4v) is 4.73. The lowest BCUT2D eigenvalue weighted by molar-refractivity contribution is 0.0741. The Morgan fingerprint density at radius 1 is 0.941 bits per heavy atom. The molecule has 0 atom stereocenters. The van der Waals surface area contributed by atoms with E-state index in [0.717, 1.165) is 33.7 Å². The fourth-order valence-electron chi connectivity index (χ4n) is 4.73. The summed E-state index contributed by atoms with van der Waals surface area (Å²) in [5.74, 6) is 0.561. The number of aromatic nitrogens is 2. The Balaban J connectivity index is 1.34. The van der Waals surface area contributed by atoms with Gasteiger partial charge in [-0.2, -0.15) is 0 Å². The maximum absolute atomic E-state index is 14.1. The lowest BCUT2D eigenvalue weighted by Crippen LogP contribution is -2.49. The van der Waals surface area contributed by atoms with Crippen molar-refractivity contribution in [2.24, 2.45) is 0 Å². The predicted octanol–water partition coefficient (Wildman–Crippen LogP) is 4.73. The first-order valence-electron chi connectivity index (χ1n) is 11.4. The molecule has 2 aromatic carbocycles. The molecule has 4 aromatic rings. The van der Waals surface area contributed by atoms with Gasteiger partial charge in [-0.3, -0.25) is 4.79 Å². The van der Waals surface area contributed by atoms with Crippen LogP contribution in [0.25, 0.3) is 16.8 Å². The lowest BCUT2D eigenvalue weighted by Gasteiger charge is -2.35. The zero-order chi connectivity index (χ0) is 23.8. The summed E-state index contributed by atoms with van der Waals surface area (Å²) in [4.78, 5) is 21.5. The number of carbonyl (C=O) groups excluding carboxylic acids is 1. The van der Waals surface area contributed by atoms with Gasteiger partial charge in [-0.05, 0) is 72.5 Å². The van der Waals surface area contributed by atoms with Crippen LogP contribution in [-0.2, 0) is 0 Å². The van der Waals surface area contributed by atoms with Gasteiger partial charge in [0.25, 0.3) is 5.91 Å². The second-order valence-corrected chi connectivity index (χ2v) is 8.68. The summed E-state index contributed by atoms with van der Waals surface area (Å²) in [6, 6.07) is 14.9. The number of aryl methyl sites for hydroxylation is 2. The van der Waals surface area contributed by atoms with Crippen molar-refractivity contribution in [1.82, 2.24) is 14.3 Å². The Bertz CT molecular complexity index is 1350. The van der Waals surface area contributed by atoms with Gasteiger partial charge in [0.2, 0.25) is 0 Å². The van der Waals surface area contributed by atoms with Gasteiger partial charge in [0.15, 0.2) is 0 Å². The lowest BCUT2D eigenvalue weighted by atomic mass is 10.0. The van der Waals surface area contributed by atoms with Crippen molar-refractivity contribution in [1.29, 1.82) is 0 Å². The third kappa shape index (κ3) is 3.98. The van der Waals surface area contributed by atoms with E-state index in [9.17, 15) is 9.18 Å². The SMILES string of the molecule is COc1c(C)cc(-c2ccc3nc(C(=O)N4CCN(c5ccccc5F)CC4)cn3c2)cc1C. The minimum absolute atomic E-state index is 0.102. The molecule has 2 aromatic heterocycles. The Hall–Kier alpha value is -3.87. The number of hydrogen-bond acceptors (Lipinski definition) is 4. The van der Waals surface area contributed by atoms with Crippen LogP contribution < -0.4 is 9.64 Å². The normalized spacial score (nSPS) is 14.0. The molecule has 3 heterocycles. The molecular weight excluding hydrogens is 431 g/mol. The number of imidazole rings is 1. The summed E-state index contributed by atoms with van der Waals surface area (Å²) in [5, 5.41) is 0. The van der Waals surface area contributed by atoms with Crippen molar-refractivity contribution in [3.05, 3.63) is 83.6 Å². The highest BCUT2D eigenvalue weighted by atomic mass is 19.1. The van der Waals surface area contributed by atoms with Crippen molar-refractivity contribution in [3.63, 3.8) is 0 Å². The molecule has 6 nitrogen and oxygen atoms in total. The van der Waals surface area contributed by atoms with Crippen LogP contribution in [0, 0.1) is 19.7 Å². The van der Waals surface area contributed by atoms with Gasteiger partial charge in [-0.25, -0.2) is 9.37 Å². The van der Waals surface area contributed by atoms with E-state index in [1.54, 1.807) is 30.3 Å². The van der Waals surface area contributed by atoms with Crippen LogP contribution in [-0.4, -0.2) is 53.5 Å². The first-order chi connectivity index (χ1) is 16.4. The monoisotopic (exact) mass is 458 g/mol. The van der Waals surface area contributed by atoms with E-state index in [2.05, 4.69) is 17.1 Å². The van der Waals surface area contributed by atoms with Gasteiger partial charge in [-0.1, -0.05) is 12.1 Å². The highest BCUT2D eigenvalue weighted by Crippen LogP contribution is 2.30. The summed E-state index contributed by atoms with van der Waals surface area (Å²) >= 11 is 0. The molecule has 1 saturated heterocycles. The average Bonchev–Trinajstić information content (AvgIpc) is 3.27. The molecule has 34 heavy (non-hydrogen) atoms. The standard InChI is InChI=1S/C27H27FN4O2/c1-18-14-21(15-19(2)26(18)34-3)20-8-9-25-29-23(17-32(25)16-20)27(33)31-12-10-30(11-13-31)24-7-5-4-6-22(24)28/h4-9,14-17H,10-13H2,1-3H3. The van der Waals surface area contributed by atoms with E-state index in [1.165, 1.54) is 6.07 Å². The Kier molecular flexibility index (Phi) is 5.69. The van der Waals surface area contributed by atoms with Gasteiger partial charge in [0.1, 0.15) is 22.9 Å². The van der Waals surface area contributed by atoms with E-state index in [0.29, 0.717) is 37.6 Å². The first-order valence-corrected chi connectivity index (χ1v) is 11.4. The Morgan fingerprint density at radius 3 is 2.32 bits per heavy atom. The van der Waals surface area contributed by atoms with Crippen LogP contribution in [0.5, 0.6) is 5.75 Å². The number of ether oxygens (including phenoxy) is 1. The van der Waals surface area contributed by atoms with Crippen LogP contribution in [0.2, 0.25) is 0 Å². The number of nitrogens with zero attached hydrogens (tertiary/aromatic N) is 4. The topological polar surface area (TPSA) is 50.1 Å². The number of halogens is 1. The molecule has 0 aliphatic carbocycles. The number of carbonyl (C=O) groups is 1. The molecule has 7 heteroatoms. The number of methoxy groups -OCH3 is 1. The predicted molar refractivity (Wildman–Crippen MR) is 131 cm³/mol. The molecule has 0 N–H and O–H groups in total. The second kappa shape index (κ2) is 8.82. The summed E-state index contributed by atoms with van der Waals surface area (Å²) in [5.41, 5.74) is 6.00. The number of fused-ring (bicyclic) bond motifs is 1. The number of benzene rings is 2. The molecule has 1 fully saturated rings. The first kappa shape index (κ1) is 21.9. The van der Waals surface area contributed by atoms with E-state index < -0.39 is 0 Å². The van der Waals surface area contributed by atoms with E-state index in [-0.39, 0.29) is 11.7 Å². The van der Waals surface area contributed by atoms with E-state index >= 15 is 0 Å². The minimum atomic E-state index is -0.235. The number of para-hydroxylation sites is 1. The zero-order valence-electron chi connectivity index (χ0n) is 19.6. The molecule has 0 radical (unpaired) electrons. The van der Waals surface area contributed by atoms with Crippen LogP contribution in [0.3, 0.4) is 0 Å². The van der Waals surface area contributed by atoms with Crippen LogP contribution in [0.15, 0.2) is 60.9 Å². The van der Waals surface area contributed by atoms with Crippen molar-refractivity contribution >= 4 is 17.2 Å². The van der Waals surface area contributed by atoms with Gasteiger partial charge in [-0.15, -0.1) is 0 Å². The number of piperazine rings is 1. The average molecular weight is 459 g/mol. The third-order valence-electron chi connectivity index (χ3n) is 6.43. The summed E-state index contributed by atoms with van der Waals surface area (Å²) < 4.78 is 21.5. The van der Waals surface area contributed by atoms with Gasteiger partial charge < -0.3 is 18.9 Å². The van der Waals surface area contributed by atoms with Crippen LogP contribution in [0.1, 0.15) is 21.6 Å². The molecule has 1 aliphatic rings. The largest absolute Gasteiger partial charge is 0.496 e. The molecule has 1 amide bonds. The molecule has 0 unspecified atom stereocenters. The Morgan fingerprint density at radius 2 is 1.65 bits per heavy atom. The van der Waals surface area contributed by atoms with Crippen LogP contribution >= 0.6 is 0 Å². The maximum Gasteiger partial charge on any atom is 0.274 e. The Labute approximate surface area is 198 Å². The molecule has 0 bridgehead atoms. The zero-order valence-corrected chi connectivity index (χ0v) is 19.6. The smallest absolute Gasteiger partial charge is 0.274 e. The molecule has 0 saturated carbocycles. The quantitative estimate of drug-likeness (QED) is 0.444.